The molecule has 0 radical (unpaired) electrons. The molecule has 17 heteroatoms. The molecular weight excluding hydrogens is 830 g/mol. The predicted octanol–water partition coefficient (Wildman–Crippen LogP) is 4.05. The number of aliphatic hydroxyl groups is 3. The van der Waals surface area contributed by atoms with E-state index in [1.807, 2.05) is 0 Å². The predicted molar refractivity (Wildman–Crippen MR) is 218 cm³/mol. The molecule has 1 heterocycles. The molecule has 6 rings (SSSR count). The van der Waals surface area contributed by atoms with Crippen molar-refractivity contribution in [3.8, 4) is 0 Å². The molecule has 3 aliphatic carbocycles. The van der Waals surface area contributed by atoms with E-state index >= 15 is 4.79 Å². The van der Waals surface area contributed by atoms with Gasteiger partial charge in [-0.2, -0.15) is 0 Å². The van der Waals surface area contributed by atoms with E-state index in [0.717, 1.165) is 13.8 Å². The lowest BCUT2D eigenvalue weighted by atomic mass is 9.44. The topological polar surface area (TPSA) is 231 Å². The molecule has 16 nitrogen and oxygen atoms in total. The largest absolute Gasteiger partial charge is 0.456 e. The maximum absolute atomic E-state index is 15.5. The number of aliphatic hydroxyl groups excluding tert-OH is 2. The Hall–Kier alpha value is -4.87. The number of carbonyl (C=O) groups excluding carboxylic acids is 6. The Morgan fingerprint density at radius 2 is 1.56 bits per heavy atom. The van der Waals surface area contributed by atoms with Crippen LogP contribution >= 0.6 is 11.6 Å². The third-order valence-electron chi connectivity index (χ3n) is 13.1. The molecule has 1 unspecified atom stereocenters. The number of esters is 4. The van der Waals surface area contributed by atoms with Crippen LogP contribution in [0.25, 0.3) is 0 Å². The van der Waals surface area contributed by atoms with Crippen LogP contribution in [-0.2, 0) is 47.6 Å². The zero-order valence-corrected chi connectivity index (χ0v) is 36.6. The van der Waals surface area contributed by atoms with Crippen molar-refractivity contribution in [2.45, 2.75) is 128 Å². The highest BCUT2D eigenvalue weighted by Gasteiger charge is 2.78. The summed E-state index contributed by atoms with van der Waals surface area (Å²) in [6, 6.07) is 14.4. The van der Waals surface area contributed by atoms with Crippen LogP contribution in [0.4, 0.5) is 4.79 Å². The maximum atomic E-state index is 15.5. The van der Waals surface area contributed by atoms with Gasteiger partial charge in [0.25, 0.3) is 0 Å². The number of hydrogen-bond donors (Lipinski definition) is 4. The average Bonchev–Trinajstić information content (AvgIpc) is 3.20. The molecule has 1 saturated heterocycles. The molecule has 3 fully saturated rings. The summed E-state index contributed by atoms with van der Waals surface area (Å²) in [4.78, 5) is 83.0. The van der Waals surface area contributed by atoms with Gasteiger partial charge < -0.3 is 49.1 Å². The summed E-state index contributed by atoms with van der Waals surface area (Å²) >= 11 is 5.97. The summed E-state index contributed by atoms with van der Waals surface area (Å²) in [5.41, 5.74) is -8.59. The van der Waals surface area contributed by atoms with Crippen molar-refractivity contribution >= 4 is 47.4 Å². The number of amides is 1. The second kappa shape index (κ2) is 17.0. The number of alkyl halides is 1. The van der Waals surface area contributed by atoms with Crippen molar-refractivity contribution in [3.63, 3.8) is 0 Å². The van der Waals surface area contributed by atoms with Crippen LogP contribution in [0.15, 0.2) is 71.8 Å². The van der Waals surface area contributed by atoms with Crippen LogP contribution in [-0.4, -0.2) is 117 Å². The molecule has 4 aliphatic rings. The Morgan fingerprint density at radius 1 is 0.952 bits per heavy atom. The van der Waals surface area contributed by atoms with Gasteiger partial charge >= 0.3 is 30.0 Å². The number of rotatable bonds is 11. The fourth-order valence-electron chi connectivity index (χ4n) is 9.80. The molecule has 62 heavy (non-hydrogen) atoms. The van der Waals surface area contributed by atoms with E-state index < -0.39 is 118 Å². The van der Waals surface area contributed by atoms with Gasteiger partial charge in [-0.15, -0.1) is 11.6 Å². The number of Topliss-reactive ketones (excluding diaryl/α,β-unsaturated/α-hetero) is 1. The number of hydrogen-bond acceptors (Lipinski definition) is 15. The molecule has 2 aromatic rings. The maximum Gasteiger partial charge on any atom is 0.408 e. The first-order valence-corrected chi connectivity index (χ1v) is 20.9. The van der Waals surface area contributed by atoms with Gasteiger partial charge in [-0.3, -0.25) is 14.4 Å². The van der Waals surface area contributed by atoms with Gasteiger partial charge in [0.1, 0.15) is 29.5 Å². The normalized spacial score (nSPS) is 32.2. The third kappa shape index (κ3) is 8.00. The first-order valence-electron chi connectivity index (χ1n) is 20.3. The molecule has 0 aromatic heterocycles. The Labute approximate surface area is 364 Å². The highest BCUT2D eigenvalue weighted by molar-refractivity contribution is 6.18. The number of halogens is 1. The highest BCUT2D eigenvalue weighted by atomic mass is 35.5. The van der Waals surface area contributed by atoms with Crippen LogP contribution in [0.3, 0.4) is 0 Å². The van der Waals surface area contributed by atoms with Crippen molar-refractivity contribution in [3.05, 3.63) is 82.9 Å². The van der Waals surface area contributed by atoms with E-state index in [1.165, 1.54) is 26.0 Å². The molecule has 1 aliphatic heterocycles. The van der Waals surface area contributed by atoms with E-state index in [1.54, 1.807) is 76.2 Å². The summed E-state index contributed by atoms with van der Waals surface area (Å²) in [5.74, 6) is -6.43. The second-order valence-corrected chi connectivity index (χ2v) is 18.2. The zero-order chi connectivity index (χ0) is 45.7. The summed E-state index contributed by atoms with van der Waals surface area (Å²) in [7, 11) is 0. The van der Waals surface area contributed by atoms with Crippen molar-refractivity contribution < 1.29 is 72.5 Å². The van der Waals surface area contributed by atoms with Crippen LogP contribution in [0, 0.1) is 16.7 Å². The number of alkyl carbamates (subject to hydrolysis) is 1. The lowest BCUT2D eigenvalue weighted by molar-refractivity contribution is -0.346. The fraction of sp³-hybridized carbons (Fsp3) is 0.556. The average molecular weight is 884 g/mol. The molecule has 4 N–H and O–H groups in total. The molecule has 0 spiro atoms. The molecule has 2 saturated carbocycles. The summed E-state index contributed by atoms with van der Waals surface area (Å²) < 4.78 is 35.6. The molecular formula is C45H54ClNO15. The minimum atomic E-state index is -2.41. The molecule has 2 bridgehead atoms. The minimum absolute atomic E-state index is 0.0236. The summed E-state index contributed by atoms with van der Waals surface area (Å²) in [6.45, 7) is 11.0. The fourth-order valence-corrected chi connectivity index (χ4v) is 9.86. The summed E-state index contributed by atoms with van der Waals surface area (Å²) in [6.07, 6.45) is -11.7. The van der Waals surface area contributed by atoms with Crippen LogP contribution in [0.2, 0.25) is 0 Å². The first kappa shape index (κ1) is 46.6. The van der Waals surface area contributed by atoms with Crippen molar-refractivity contribution in [2.24, 2.45) is 16.7 Å². The van der Waals surface area contributed by atoms with Gasteiger partial charge in [-0.25, -0.2) is 14.4 Å². The quantitative estimate of drug-likeness (QED) is 0.108. The van der Waals surface area contributed by atoms with Gasteiger partial charge in [0.2, 0.25) is 0 Å². The first-order chi connectivity index (χ1) is 28.9. The van der Waals surface area contributed by atoms with E-state index in [-0.39, 0.29) is 41.2 Å². The highest BCUT2D eigenvalue weighted by Crippen LogP contribution is 2.64. The third-order valence-corrected chi connectivity index (χ3v) is 13.8. The number of benzene rings is 2. The zero-order valence-electron chi connectivity index (χ0n) is 35.8. The van der Waals surface area contributed by atoms with Gasteiger partial charge in [-0.1, -0.05) is 62.4 Å². The SMILES string of the molecule is CC(=O)O[C@H]1C(=O)[C@@]2(C)[C@H]([C@H](OC(=O)c3ccccc3)[C@]3(O)CC(OC(=O)[C@H](O)[C@@H](NC(=O)OC(C)(C)CCl)c4ccccc4)C(C)=C1C3(C)C)[C@]1(OC(C)=O)CO[C@@H]1C[C@@H]2O. The standard InChI is InChI=1S/C45H54ClNO15/c1-23-28(59-39(54)33(51)32(26-15-11-9-12-16-26)47-40(55)62-41(4,5)21-46)20-45(56)37(60-38(53)27-17-13-10-14-18-27)35-43(8,29(50)19-30-44(35,22-57-30)61-25(3)49)36(52)34(58-24(2)48)31(23)42(45,6)7/h9-18,28-30,32-35,37,50-51,56H,19-22H2,1-8H3,(H,47,55)/t28?,29-,30+,32-,33+,34+,35-,37-,43+,44-,45+/m0/s1. The Morgan fingerprint density at radius 3 is 2.11 bits per heavy atom. The number of fused-ring (bicyclic) bond motifs is 5. The molecule has 11 atom stereocenters. The van der Waals surface area contributed by atoms with E-state index in [4.69, 9.17) is 40.0 Å². The summed E-state index contributed by atoms with van der Waals surface area (Å²) in [5, 5.41) is 39.9. The van der Waals surface area contributed by atoms with Gasteiger partial charge in [-0.05, 0) is 56.5 Å². The Bertz CT molecular complexity index is 2130. The lowest BCUT2D eigenvalue weighted by Gasteiger charge is -2.67. The number of carbonyl (C=O) groups is 6. The van der Waals surface area contributed by atoms with Crippen molar-refractivity contribution in [1.29, 1.82) is 0 Å². The van der Waals surface area contributed by atoms with Gasteiger partial charge in [0.15, 0.2) is 23.6 Å². The Kier molecular flexibility index (Phi) is 12.8. The van der Waals surface area contributed by atoms with Crippen molar-refractivity contribution in [1.82, 2.24) is 5.32 Å². The number of ether oxygens (including phenoxy) is 6. The van der Waals surface area contributed by atoms with Gasteiger partial charge in [0, 0.05) is 32.1 Å². The van der Waals surface area contributed by atoms with Gasteiger partial charge in [0.05, 0.1) is 41.5 Å². The smallest absolute Gasteiger partial charge is 0.408 e. The second-order valence-electron chi connectivity index (χ2n) is 17.9. The van der Waals surface area contributed by atoms with Crippen LogP contribution in [0.5, 0.6) is 0 Å². The van der Waals surface area contributed by atoms with Crippen molar-refractivity contribution in [2.75, 3.05) is 12.5 Å². The van der Waals surface area contributed by atoms with E-state index in [0.29, 0.717) is 0 Å². The Balaban J connectivity index is 1.53. The van der Waals surface area contributed by atoms with E-state index in [9.17, 15) is 39.3 Å². The number of ketones is 1. The minimum Gasteiger partial charge on any atom is -0.456 e. The van der Waals surface area contributed by atoms with Crippen LogP contribution < -0.4 is 5.32 Å². The van der Waals surface area contributed by atoms with E-state index in [2.05, 4.69) is 5.32 Å². The lowest BCUT2D eigenvalue weighted by Crippen LogP contribution is -2.82. The molecule has 1 amide bonds. The molecule has 2 aromatic carbocycles. The van der Waals surface area contributed by atoms with Crippen LogP contribution in [0.1, 0.15) is 90.2 Å². The molecule has 336 valence electrons. The monoisotopic (exact) mass is 883 g/mol. The number of nitrogens with one attached hydrogen (secondary N) is 1.